The van der Waals surface area contributed by atoms with Gasteiger partial charge in [0.1, 0.15) is 0 Å². The molecule has 2 rings (SSSR count). The Bertz CT molecular complexity index is 778. The fourth-order valence-corrected chi connectivity index (χ4v) is 3.25. The minimum atomic E-state index is -1.22. The molecular weight excluding hydrogens is 320 g/mol. The third kappa shape index (κ3) is 4.29. The first-order valence-corrected chi connectivity index (χ1v) is 8.67. The predicted octanol–water partition coefficient (Wildman–Crippen LogP) is 2.82. The third-order valence-corrected chi connectivity index (χ3v) is 4.92. The van der Waals surface area contributed by atoms with E-state index in [1.807, 2.05) is 76.5 Å². The summed E-state index contributed by atoms with van der Waals surface area (Å²) >= 11 is 0. The summed E-state index contributed by atoms with van der Waals surface area (Å²) in [6.45, 7) is 3.79. The van der Waals surface area contributed by atoms with Gasteiger partial charge in [0, 0.05) is 23.9 Å². The molecule has 0 fully saturated rings. The molecule has 0 aliphatic carbocycles. The van der Waals surface area contributed by atoms with E-state index in [4.69, 9.17) is 5.84 Å². The SMILES string of the molecule is C/C(=N/N)c1ccc(S(=O)c2ccc(/C(C)=N\N(C)C)cc2)cc1. The maximum absolute atomic E-state index is 12.7. The fourth-order valence-electron chi connectivity index (χ4n) is 2.21. The minimum Gasteiger partial charge on any atom is -0.323 e. The molecule has 2 aromatic carbocycles. The van der Waals surface area contributed by atoms with Crippen LogP contribution >= 0.6 is 0 Å². The lowest BCUT2D eigenvalue weighted by atomic mass is 10.1. The van der Waals surface area contributed by atoms with Crippen molar-refractivity contribution in [3.63, 3.8) is 0 Å². The lowest BCUT2D eigenvalue weighted by Gasteiger charge is -2.08. The summed E-state index contributed by atoms with van der Waals surface area (Å²) in [6.07, 6.45) is 0. The van der Waals surface area contributed by atoms with E-state index in [2.05, 4.69) is 10.2 Å². The number of nitrogens with two attached hydrogens (primary N) is 1. The Morgan fingerprint density at radius 1 is 0.875 bits per heavy atom. The van der Waals surface area contributed by atoms with Crippen molar-refractivity contribution in [3.8, 4) is 0 Å². The van der Waals surface area contributed by atoms with Crippen LogP contribution in [0.4, 0.5) is 0 Å². The van der Waals surface area contributed by atoms with Gasteiger partial charge in [-0.3, -0.25) is 0 Å². The van der Waals surface area contributed by atoms with Crippen LogP contribution in [0.5, 0.6) is 0 Å². The molecule has 1 unspecified atom stereocenters. The molecule has 1 atom stereocenters. The van der Waals surface area contributed by atoms with Gasteiger partial charge in [-0.1, -0.05) is 24.3 Å². The van der Waals surface area contributed by atoms with Gasteiger partial charge in [-0.2, -0.15) is 10.2 Å². The van der Waals surface area contributed by atoms with Gasteiger partial charge >= 0.3 is 0 Å². The summed E-state index contributed by atoms with van der Waals surface area (Å²) in [5.41, 5.74) is 3.59. The molecule has 6 heteroatoms. The van der Waals surface area contributed by atoms with E-state index < -0.39 is 10.8 Å². The van der Waals surface area contributed by atoms with Crippen molar-refractivity contribution >= 4 is 22.2 Å². The van der Waals surface area contributed by atoms with Crippen molar-refractivity contribution in [2.24, 2.45) is 16.0 Å². The molecule has 126 valence electrons. The summed E-state index contributed by atoms with van der Waals surface area (Å²) in [7, 11) is 2.54. The van der Waals surface area contributed by atoms with Gasteiger partial charge in [0.05, 0.1) is 22.2 Å². The van der Waals surface area contributed by atoms with Gasteiger partial charge < -0.3 is 10.9 Å². The zero-order chi connectivity index (χ0) is 17.7. The van der Waals surface area contributed by atoms with Crippen LogP contribution in [0.3, 0.4) is 0 Å². The van der Waals surface area contributed by atoms with Crippen molar-refractivity contribution in [2.45, 2.75) is 23.6 Å². The third-order valence-electron chi connectivity index (χ3n) is 3.52. The van der Waals surface area contributed by atoms with Gasteiger partial charge in [-0.15, -0.1) is 0 Å². The number of hydrogen-bond acceptors (Lipinski definition) is 5. The highest BCUT2D eigenvalue weighted by atomic mass is 32.2. The molecule has 0 spiro atoms. The maximum Gasteiger partial charge on any atom is 0.0849 e. The number of rotatable bonds is 5. The molecule has 0 saturated heterocycles. The smallest absolute Gasteiger partial charge is 0.0849 e. The Morgan fingerprint density at radius 2 is 1.29 bits per heavy atom. The van der Waals surface area contributed by atoms with Crippen molar-refractivity contribution in [3.05, 3.63) is 59.7 Å². The summed E-state index contributed by atoms with van der Waals surface area (Å²) in [5.74, 6) is 5.28. The molecule has 0 aliphatic rings. The second-order valence-corrected chi connectivity index (χ2v) is 7.04. The zero-order valence-electron chi connectivity index (χ0n) is 14.4. The van der Waals surface area contributed by atoms with Crippen molar-refractivity contribution in [2.75, 3.05) is 14.1 Å². The van der Waals surface area contributed by atoms with Crippen LogP contribution < -0.4 is 5.84 Å². The lowest BCUT2D eigenvalue weighted by molar-refractivity contribution is 0.438. The van der Waals surface area contributed by atoms with Crippen molar-refractivity contribution in [1.82, 2.24) is 5.01 Å². The van der Waals surface area contributed by atoms with Crippen LogP contribution in [0.2, 0.25) is 0 Å². The highest BCUT2D eigenvalue weighted by Gasteiger charge is 2.08. The zero-order valence-corrected chi connectivity index (χ0v) is 15.2. The topological polar surface area (TPSA) is 71.0 Å². The van der Waals surface area contributed by atoms with E-state index in [-0.39, 0.29) is 0 Å². The van der Waals surface area contributed by atoms with Crippen LogP contribution in [-0.4, -0.2) is 34.7 Å². The van der Waals surface area contributed by atoms with E-state index >= 15 is 0 Å². The molecule has 0 aromatic heterocycles. The quantitative estimate of drug-likeness (QED) is 0.516. The van der Waals surface area contributed by atoms with Crippen molar-refractivity contribution in [1.29, 1.82) is 0 Å². The fraction of sp³-hybridized carbons (Fsp3) is 0.222. The number of hydrogen-bond donors (Lipinski definition) is 1. The second-order valence-electron chi connectivity index (χ2n) is 5.56. The van der Waals surface area contributed by atoms with Gasteiger partial charge in [-0.25, -0.2) is 4.21 Å². The Kier molecular flexibility index (Phi) is 5.87. The first kappa shape index (κ1) is 17.9. The standard InChI is InChI=1S/C18H22N4OS/c1-13(20-19)15-5-9-17(10-6-15)24(23)18-11-7-16(8-12-18)14(2)21-22(3)4/h5-12H,19H2,1-4H3/b20-13-,21-14-. The number of hydrazone groups is 2. The molecular formula is C18H22N4OS. The molecule has 2 aromatic rings. The van der Waals surface area contributed by atoms with E-state index in [0.29, 0.717) is 0 Å². The Balaban J connectivity index is 2.21. The van der Waals surface area contributed by atoms with Crippen LogP contribution in [0, 0.1) is 0 Å². The first-order chi connectivity index (χ1) is 11.4. The van der Waals surface area contributed by atoms with Crippen LogP contribution in [0.1, 0.15) is 25.0 Å². The van der Waals surface area contributed by atoms with Gasteiger partial charge in [0.15, 0.2) is 0 Å². The summed E-state index contributed by atoms with van der Waals surface area (Å²) < 4.78 is 12.7. The highest BCUT2D eigenvalue weighted by Crippen LogP contribution is 2.18. The van der Waals surface area contributed by atoms with Crippen LogP contribution in [-0.2, 0) is 10.8 Å². The Hall–Kier alpha value is -2.47. The normalized spacial score (nSPS) is 13.7. The Labute approximate surface area is 145 Å². The predicted molar refractivity (Wildman–Crippen MR) is 99.9 cm³/mol. The van der Waals surface area contributed by atoms with E-state index in [1.54, 1.807) is 5.01 Å². The van der Waals surface area contributed by atoms with E-state index in [0.717, 1.165) is 32.3 Å². The van der Waals surface area contributed by atoms with Gasteiger partial charge in [0.25, 0.3) is 0 Å². The van der Waals surface area contributed by atoms with Gasteiger partial charge in [0.2, 0.25) is 0 Å². The molecule has 0 saturated carbocycles. The monoisotopic (exact) mass is 342 g/mol. The van der Waals surface area contributed by atoms with E-state index in [9.17, 15) is 4.21 Å². The molecule has 0 radical (unpaired) electrons. The van der Waals surface area contributed by atoms with E-state index in [1.165, 1.54) is 0 Å². The average Bonchev–Trinajstić information content (AvgIpc) is 2.60. The molecule has 24 heavy (non-hydrogen) atoms. The number of nitrogens with zero attached hydrogens (tertiary/aromatic N) is 3. The molecule has 2 N–H and O–H groups in total. The molecule has 0 aliphatic heterocycles. The largest absolute Gasteiger partial charge is 0.323 e. The van der Waals surface area contributed by atoms with Crippen molar-refractivity contribution < 1.29 is 4.21 Å². The molecule has 5 nitrogen and oxygen atoms in total. The van der Waals surface area contributed by atoms with Gasteiger partial charge in [-0.05, 0) is 49.2 Å². The maximum atomic E-state index is 12.7. The molecule has 0 amide bonds. The molecule has 0 heterocycles. The Morgan fingerprint density at radius 3 is 1.67 bits per heavy atom. The first-order valence-electron chi connectivity index (χ1n) is 7.52. The van der Waals surface area contributed by atoms with Crippen LogP contribution in [0.25, 0.3) is 0 Å². The van der Waals surface area contributed by atoms with Crippen LogP contribution in [0.15, 0.2) is 68.5 Å². The summed E-state index contributed by atoms with van der Waals surface area (Å²) in [5, 5.41) is 9.79. The lowest BCUT2D eigenvalue weighted by Crippen LogP contribution is -2.07. The number of benzene rings is 2. The minimum absolute atomic E-state index is 0.743. The molecule has 0 bridgehead atoms. The summed E-state index contributed by atoms with van der Waals surface area (Å²) in [4.78, 5) is 1.50. The average molecular weight is 342 g/mol. The second kappa shape index (κ2) is 7.88. The highest BCUT2D eigenvalue weighted by molar-refractivity contribution is 7.85. The summed E-state index contributed by atoms with van der Waals surface area (Å²) in [6, 6.07) is 15.1.